The first-order chi connectivity index (χ1) is 16.5. The minimum Gasteiger partial charge on any atom is -0.456 e. The minimum atomic E-state index is -0.647. The molecule has 0 saturated carbocycles. The first-order valence-corrected chi connectivity index (χ1v) is 12.7. The summed E-state index contributed by atoms with van der Waals surface area (Å²) in [6, 6.07) is 9.33. The highest BCUT2D eigenvalue weighted by Gasteiger charge is 2.42. The lowest BCUT2D eigenvalue weighted by Gasteiger charge is -2.38. The van der Waals surface area contributed by atoms with Gasteiger partial charge in [-0.05, 0) is 38.7 Å². The largest absolute Gasteiger partial charge is 0.456 e. The summed E-state index contributed by atoms with van der Waals surface area (Å²) in [4.78, 5) is 48.5. The molecule has 3 heterocycles. The van der Waals surface area contributed by atoms with E-state index >= 15 is 0 Å². The fourth-order valence-electron chi connectivity index (χ4n) is 4.45. The van der Waals surface area contributed by atoms with Crippen molar-refractivity contribution in [1.82, 2.24) is 14.7 Å². The number of carbonyl (C=O) groups excluding carboxylic acids is 3. The quantitative estimate of drug-likeness (QED) is 0.592. The van der Waals surface area contributed by atoms with Gasteiger partial charge in [0.05, 0.1) is 23.7 Å². The molecule has 4 rings (SSSR count). The van der Waals surface area contributed by atoms with E-state index in [-0.39, 0.29) is 18.2 Å². The molecule has 1 fully saturated rings. The lowest BCUT2D eigenvalue weighted by atomic mass is 9.93. The Bertz CT molecular complexity index is 1110. The number of ether oxygens (including phenoxy) is 1. The number of carbonyl (C=O) groups is 3. The number of benzene rings is 1. The molecule has 1 saturated heterocycles. The molecule has 0 spiro atoms. The zero-order valence-electron chi connectivity index (χ0n) is 20.9. The zero-order chi connectivity index (χ0) is 25.3. The number of piperazine rings is 1. The number of esters is 1. The molecule has 0 bridgehead atoms. The van der Waals surface area contributed by atoms with E-state index in [0.717, 1.165) is 16.4 Å². The van der Waals surface area contributed by atoms with Crippen LogP contribution in [0, 0.1) is 0 Å². The van der Waals surface area contributed by atoms with Crippen molar-refractivity contribution >= 4 is 34.7 Å². The van der Waals surface area contributed by atoms with Crippen molar-refractivity contribution in [3.8, 4) is 0 Å². The van der Waals surface area contributed by atoms with Gasteiger partial charge in [0.15, 0.2) is 5.17 Å². The fourth-order valence-corrected chi connectivity index (χ4v) is 5.42. The molecule has 0 unspecified atom stereocenters. The number of fused-ring (bicyclic) bond motifs is 1. The average molecular weight is 497 g/mol. The lowest BCUT2D eigenvalue weighted by Crippen LogP contribution is -2.50. The topological polar surface area (TPSA) is 82.5 Å². The van der Waals surface area contributed by atoms with E-state index in [1.807, 2.05) is 68.3 Å². The third-order valence-corrected chi connectivity index (χ3v) is 7.03. The molecule has 2 amide bonds. The van der Waals surface area contributed by atoms with Crippen molar-refractivity contribution in [2.75, 3.05) is 26.2 Å². The molecule has 1 aromatic carbocycles. The number of hydrogen-bond donors (Lipinski definition) is 0. The standard InChI is InChI=1S/C26H32N4O4S/c1-17-22(24(33)34-26(3,4)5)23(19-9-7-6-8-10-19)30-20(16-35-25(30)27-17)15-21(32)29-13-11-28(12-14-29)18(2)31/h6-10,16,23H,11-15H2,1-5H3/t23-/m0/s1. The van der Waals surface area contributed by atoms with E-state index in [1.165, 1.54) is 11.8 Å². The van der Waals surface area contributed by atoms with E-state index in [9.17, 15) is 14.4 Å². The second-order valence-electron chi connectivity index (χ2n) is 9.87. The van der Waals surface area contributed by atoms with Crippen LogP contribution in [0.3, 0.4) is 0 Å². The molecular weight excluding hydrogens is 464 g/mol. The number of hydrogen-bond acceptors (Lipinski definition) is 7. The molecule has 1 aromatic rings. The van der Waals surface area contributed by atoms with Crippen LogP contribution in [0.5, 0.6) is 0 Å². The van der Waals surface area contributed by atoms with E-state index in [1.54, 1.807) is 16.7 Å². The van der Waals surface area contributed by atoms with Crippen LogP contribution in [-0.4, -0.2) is 69.4 Å². The van der Waals surface area contributed by atoms with Crippen LogP contribution in [0.2, 0.25) is 0 Å². The maximum absolute atomic E-state index is 13.3. The normalized spacial score (nSPS) is 20.4. The molecule has 1 atom stereocenters. The summed E-state index contributed by atoms with van der Waals surface area (Å²) < 4.78 is 5.76. The number of amides is 2. The van der Waals surface area contributed by atoms with Crippen LogP contribution in [-0.2, 0) is 19.1 Å². The SMILES string of the molecule is CC(=O)N1CCN(C(=O)CC2=CSC3=NC(C)=C(C(=O)OC(C)(C)C)[C@H](c4ccccc4)N23)CC1. The second-order valence-corrected chi connectivity index (χ2v) is 10.7. The molecule has 0 aliphatic carbocycles. The van der Waals surface area contributed by atoms with Crippen LogP contribution < -0.4 is 0 Å². The Morgan fingerprint density at radius 3 is 2.29 bits per heavy atom. The van der Waals surface area contributed by atoms with Gasteiger partial charge in [-0.15, -0.1) is 0 Å². The number of thioether (sulfide) groups is 1. The average Bonchev–Trinajstić information content (AvgIpc) is 3.19. The first kappa shape index (κ1) is 25.0. The van der Waals surface area contributed by atoms with Gasteiger partial charge in [-0.2, -0.15) is 0 Å². The first-order valence-electron chi connectivity index (χ1n) is 11.8. The molecular formula is C26H32N4O4S. The summed E-state index contributed by atoms with van der Waals surface area (Å²) in [7, 11) is 0. The monoisotopic (exact) mass is 496 g/mol. The molecule has 8 nitrogen and oxygen atoms in total. The van der Waals surface area contributed by atoms with Crippen molar-refractivity contribution in [3.63, 3.8) is 0 Å². The Morgan fingerprint density at radius 2 is 1.69 bits per heavy atom. The summed E-state index contributed by atoms with van der Waals surface area (Å²) in [5.74, 6) is -0.378. The van der Waals surface area contributed by atoms with Crippen molar-refractivity contribution in [1.29, 1.82) is 0 Å². The van der Waals surface area contributed by atoms with Crippen LogP contribution in [0.1, 0.15) is 52.6 Å². The highest BCUT2D eigenvalue weighted by Crippen LogP contribution is 2.45. The molecule has 186 valence electrons. The van der Waals surface area contributed by atoms with E-state index in [4.69, 9.17) is 9.73 Å². The third-order valence-electron chi connectivity index (χ3n) is 6.14. The van der Waals surface area contributed by atoms with Crippen LogP contribution in [0.4, 0.5) is 0 Å². The Labute approximate surface area is 210 Å². The van der Waals surface area contributed by atoms with Gasteiger partial charge < -0.3 is 19.4 Å². The lowest BCUT2D eigenvalue weighted by molar-refractivity contribution is -0.150. The predicted octanol–water partition coefficient (Wildman–Crippen LogP) is 3.68. The molecule has 0 aromatic heterocycles. The number of rotatable bonds is 4. The highest BCUT2D eigenvalue weighted by molar-refractivity contribution is 8.16. The second kappa shape index (κ2) is 9.89. The zero-order valence-corrected chi connectivity index (χ0v) is 21.7. The molecule has 9 heteroatoms. The van der Waals surface area contributed by atoms with Crippen molar-refractivity contribution in [2.45, 2.75) is 52.7 Å². The van der Waals surface area contributed by atoms with Gasteiger partial charge in [-0.3, -0.25) is 9.59 Å². The van der Waals surface area contributed by atoms with Crippen molar-refractivity contribution in [3.05, 3.63) is 58.3 Å². The van der Waals surface area contributed by atoms with Crippen LogP contribution in [0.15, 0.2) is 57.7 Å². The van der Waals surface area contributed by atoms with Gasteiger partial charge in [0, 0.05) is 38.8 Å². The van der Waals surface area contributed by atoms with Crippen molar-refractivity contribution < 1.29 is 19.1 Å². The highest BCUT2D eigenvalue weighted by atomic mass is 32.2. The third kappa shape index (κ3) is 5.45. The molecule has 3 aliphatic heterocycles. The van der Waals surface area contributed by atoms with Gasteiger partial charge >= 0.3 is 5.97 Å². The number of nitrogens with zero attached hydrogens (tertiary/aromatic N) is 4. The Morgan fingerprint density at radius 1 is 1.06 bits per heavy atom. The molecule has 3 aliphatic rings. The molecule has 35 heavy (non-hydrogen) atoms. The maximum Gasteiger partial charge on any atom is 0.338 e. The maximum atomic E-state index is 13.3. The van der Waals surface area contributed by atoms with Gasteiger partial charge in [-0.25, -0.2) is 9.79 Å². The predicted molar refractivity (Wildman–Crippen MR) is 136 cm³/mol. The Hall–Kier alpha value is -3.07. The van der Waals surface area contributed by atoms with Gasteiger partial charge in [0.25, 0.3) is 0 Å². The summed E-state index contributed by atoms with van der Waals surface area (Å²) >= 11 is 1.46. The van der Waals surface area contributed by atoms with Crippen LogP contribution in [0.25, 0.3) is 0 Å². The summed E-state index contributed by atoms with van der Waals surface area (Å²) in [6.07, 6.45) is 0.191. The van der Waals surface area contributed by atoms with Gasteiger partial charge in [-0.1, -0.05) is 42.1 Å². The minimum absolute atomic E-state index is 0.00166. The summed E-state index contributed by atoms with van der Waals surface area (Å²) in [5.41, 5.74) is 2.18. The Balaban J connectivity index is 1.61. The number of amidine groups is 1. The number of aliphatic imine (C=N–C) groups is 1. The Kier molecular flexibility index (Phi) is 7.07. The smallest absolute Gasteiger partial charge is 0.338 e. The van der Waals surface area contributed by atoms with E-state index < -0.39 is 17.6 Å². The fraction of sp³-hybridized carbons (Fsp3) is 0.462. The molecule has 0 N–H and O–H groups in total. The van der Waals surface area contributed by atoms with Gasteiger partial charge in [0.2, 0.25) is 11.8 Å². The van der Waals surface area contributed by atoms with E-state index in [0.29, 0.717) is 37.4 Å². The van der Waals surface area contributed by atoms with E-state index in [2.05, 4.69) is 0 Å². The van der Waals surface area contributed by atoms with Gasteiger partial charge in [0.1, 0.15) is 5.60 Å². The molecule has 0 radical (unpaired) electrons. The van der Waals surface area contributed by atoms with Crippen molar-refractivity contribution in [2.24, 2.45) is 4.99 Å². The van der Waals surface area contributed by atoms with Crippen LogP contribution >= 0.6 is 11.8 Å². The number of allylic oxidation sites excluding steroid dienone is 1. The summed E-state index contributed by atoms with van der Waals surface area (Å²) in [5, 5.41) is 2.69. The summed E-state index contributed by atoms with van der Waals surface area (Å²) in [6.45, 7) is 11.0.